The molecule has 5 rings (SSSR count). The molecule has 9 heteroatoms. The average Bonchev–Trinajstić information content (AvgIpc) is 3.12. The van der Waals surface area contributed by atoms with Gasteiger partial charge in [0, 0.05) is 0 Å². The predicted octanol–water partition coefficient (Wildman–Crippen LogP) is 2.10. The zero-order valence-corrected chi connectivity index (χ0v) is 13.6. The topological polar surface area (TPSA) is 124 Å². The summed E-state index contributed by atoms with van der Waals surface area (Å²) in [7, 11) is 0. The molecule has 0 saturated heterocycles. The molecular weight excluding hydrogens is 368 g/mol. The number of nitrogens with zero attached hydrogens (tertiary/aromatic N) is 2. The number of carbonyl (C=O) groups excluding carboxylic acids is 4. The second-order valence-corrected chi connectivity index (χ2v) is 6.18. The molecule has 3 aliphatic rings. The summed E-state index contributed by atoms with van der Waals surface area (Å²) in [6.45, 7) is 7.66. The molecule has 28 heavy (non-hydrogen) atoms. The van der Waals surface area contributed by atoms with Crippen molar-refractivity contribution in [3.63, 3.8) is 0 Å². The first kappa shape index (κ1) is 15.7. The van der Waals surface area contributed by atoms with Crippen molar-refractivity contribution in [2.24, 2.45) is 0 Å². The monoisotopic (exact) mass is 372 g/mol. The van der Waals surface area contributed by atoms with Gasteiger partial charge in [0.2, 0.25) is 0 Å². The minimum Gasteiger partial charge on any atom is -0.456 e. The number of rotatable bonds is 0. The number of hydrogen-bond acceptors (Lipinski definition) is 8. The van der Waals surface area contributed by atoms with Gasteiger partial charge in [0.15, 0.2) is 6.07 Å². The molecule has 0 atom stereocenters. The van der Waals surface area contributed by atoms with Crippen molar-refractivity contribution < 1.29 is 33.4 Å². The standard InChI is InChI=1S/C19H4N2O7/c1-21-19(6-20)11-2-7-9(17(24)27-15(7)22)4-13(11)26-14-5-10-8(3-12(14)19)16(23)28-18(10)25/h2-5H. The highest BCUT2D eigenvalue weighted by Gasteiger charge is 2.52. The van der Waals surface area contributed by atoms with Gasteiger partial charge in [-0.05, 0) is 24.3 Å². The molecule has 132 valence electrons. The molecule has 0 aromatic heterocycles. The number of benzene rings is 2. The van der Waals surface area contributed by atoms with Crippen molar-refractivity contribution in [1.82, 2.24) is 0 Å². The maximum absolute atomic E-state index is 11.9. The van der Waals surface area contributed by atoms with Gasteiger partial charge in [-0.15, -0.1) is 0 Å². The van der Waals surface area contributed by atoms with E-state index in [1.165, 1.54) is 24.3 Å². The lowest BCUT2D eigenvalue weighted by Crippen LogP contribution is -2.27. The number of fused-ring (bicyclic) bond motifs is 4. The van der Waals surface area contributed by atoms with Gasteiger partial charge in [0.25, 0.3) is 0 Å². The largest absolute Gasteiger partial charge is 0.456 e. The van der Waals surface area contributed by atoms with Crippen molar-refractivity contribution >= 4 is 23.9 Å². The van der Waals surface area contributed by atoms with Crippen molar-refractivity contribution in [2.45, 2.75) is 5.54 Å². The van der Waals surface area contributed by atoms with Crippen LogP contribution in [-0.4, -0.2) is 23.9 Å². The van der Waals surface area contributed by atoms with Crippen molar-refractivity contribution in [3.8, 4) is 17.6 Å². The fraction of sp³-hybridized carbons (Fsp3) is 0.0526. The lowest BCUT2D eigenvalue weighted by molar-refractivity contribution is 0.0425. The molecule has 0 aliphatic carbocycles. The van der Waals surface area contributed by atoms with Gasteiger partial charge in [0.05, 0.1) is 22.3 Å². The summed E-state index contributed by atoms with van der Waals surface area (Å²) in [6, 6.07) is 6.75. The first-order valence-electron chi connectivity index (χ1n) is 7.77. The third-order valence-corrected chi connectivity index (χ3v) is 4.82. The quantitative estimate of drug-likeness (QED) is 0.391. The molecule has 2 aromatic rings. The molecule has 0 fully saturated rings. The molecule has 2 aromatic carbocycles. The maximum atomic E-state index is 11.9. The summed E-state index contributed by atoms with van der Waals surface area (Å²) in [4.78, 5) is 50.9. The molecule has 3 heterocycles. The number of carbonyl (C=O) groups is 4. The minimum atomic E-state index is -1.97. The minimum absolute atomic E-state index is 0.00640. The van der Waals surface area contributed by atoms with E-state index in [0.29, 0.717) is 0 Å². The summed E-state index contributed by atoms with van der Waals surface area (Å²) in [5, 5.41) is 9.88. The Hall–Kier alpha value is -4.50. The Morgan fingerprint density at radius 2 is 1.14 bits per heavy atom. The second kappa shape index (κ2) is 4.81. The van der Waals surface area contributed by atoms with Gasteiger partial charge >= 0.3 is 29.4 Å². The van der Waals surface area contributed by atoms with E-state index in [4.69, 9.17) is 11.3 Å². The van der Waals surface area contributed by atoms with Crippen LogP contribution in [0.1, 0.15) is 52.6 Å². The third kappa shape index (κ3) is 1.67. The van der Waals surface area contributed by atoms with E-state index in [0.717, 1.165) is 0 Å². The Labute approximate surface area is 155 Å². The van der Waals surface area contributed by atoms with E-state index in [1.54, 1.807) is 0 Å². The van der Waals surface area contributed by atoms with Crippen LogP contribution in [-0.2, 0) is 15.0 Å². The predicted molar refractivity (Wildman–Crippen MR) is 85.4 cm³/mol. The van der Waals surface area contributed by atoms with E-state index in [1.807, 2.05) is 6.07 Å². The first-order chi connectivity index (χ1) is 13.4. The van der Waals surface area contributed by atoms with E-state index < -0.39 is 29.4 Å². The maximum Gasteiger partial charge on any atom is 0.373 e. The van der Waals surface area contributed by atoms with Gasteiger partial charge in [-0.3, -0.25) is 4.85 Å². The normalized spacial score (nSPS) is 17.2. The fourth-order valence-electron chi connectivity index (χ4n) is 3.49. The van der Waals surface area contributed by atoms with Crippen LogP contribution in [0.25, 0.3) is 4.85 Å². The Bertz CT molecular complexity index is 1190. The Balaban J connectivity index is 1.84. The van der Waals surface area contributed by atoms with Crippen LogP contribution in [0, 0.1) is 17.9 Å². The smallest absolute Gasteiger partial charge is 0.373 e. The number of ether oxygens (including phenoxy) is 3. The van der Waals surface area contributed by atoms with Crippen molar-refractivity contribution in [1.29, 1.82) is 5.26 Å². The van der Waals surface area contributed by atoms with Crippen molar-refractivity contribution in [2.75, 3.05) is 0 Å². The Morgan fingerprint density at radius 1 is 0.750 bits per heavy atom. The molecule has 0 radical (unpaired) electrons. The molecule has 9 nitrogen and oxygen atoms in total. The molecule has 0 amide bonds. The highest BCUT2D eigenvalue weighted by molar-refractivity contribution is 6.16. The summed E-state index contributed by atoms with van der Waals surface area (Å²) >= 11 is 0. The van der Waals surface area contributed by atoms with Gasteiger partial charge in [-0.2, -0.15) is 5.26 Å². The third-order valence-electron chi connectivity index (χ3n) is 4.82. The van der Waals surface area contributed by atoms with Crippen LogP contribution in [0.2, 0.25) is 0 Å². The number of esters is 4. The Morgan fingerprint density at radius 3 is 1.50 bits per heavy atom. The van der Waals surface area contributed by atoms with Gasteiger partial charge in [-0.1, -0.05) is 0 Å². The fourth-order valence-corrected chi connectivity index (χ4v) is 3.49. The lowest BCUT2D eigenvalue weighted by atomic mass is 9.79. The summed E-state index contributed by atoms with van der Waals surface area (Å²) in [5.41, 5.74) is -2.20. The van der Waals surface area contributed by atoms with E-state index >= 15 is 0 Å². The second-order valence-electron chi connectivity index (χ2n) is 6.18. The number of cyclic esters (lactones) is 4. The van der Waals surface area contributed by atoms with Crippen LogP contribution in [0.4, 0.5) is 0 Å². The first-order valence-corrected chi connectivity index (χ1v) is 7.77. The number of nitriles is 1. The molecular formula is C19H4N2O7. The summed E-state index contributed by atoms with van der Waals surface area (Å²) < 4.78 is 14.8. The molecule has 0 N–H and O–H groups in total. The van der Waals surface area contributed by atoms with Crippen LogP contribution in [0.5, 0.6) is 11.5 Å². The van der Waals surface area contributed by atoms with E-state index in [-0.39, 0.29) is 44.9 Å². The molecule has 0 saturated carbocycles. The Kier molecular flexibility index (Phi) is 2.70. The van der Waals surface area contributed by atoms with Crippen LogP contribution in [0.15, 0.2) is 24.3 Å². The lowest BCUT2D eigenvalue weighted by Gasteiger charge is -2.26. The highest BCUT2D eigenvalue weighted by atomic mass is 16.6. The SMILES string of the molecule is [C-]#[N+]C1(C#N)c2cc3c(cc2Oc2cc4c(cc21)C(=O)OC4=O)C(=O)OC3=O. The highest BCUT2D eigenvalue weighted by Crippen LogP contribution is 2.51. The molecule has 0 bridgehead atoms. The average molecular weight is 372 g/mol. The van der Waals surface area contributed by atoms with Gasteiger partial charge in [0.1, 0.15) is 22.6 Å². The van der Waals surface area contributed by atoms with Crippen LogP contribution < -0.4 is 4.74 Å². The zero-order chi connectivity index (χ0) is 19.8. The van der Waals surface area contributed by atoms with Crippen molar-refractivity contribution in [3.05, 3.63) is 69.1 Å². The molecule has 3 aliphatic heterocycles. The summed E-state index contributed by atoms with van der Waals surface area (Å²) in [6.07, 6.45) is 0. The summed E-state index contributed by atoms with van der Waals surface area (Å²) in [5.74, 6) is -3.54. The van der Waals surface area contributed by atoms with E-state index in [9.17, 15) is 24.4 Å². The number of hydrogen-bond donors (Lipinski definition) is 0. The van der Waals surface area contributed by atoms with Gasteiger partial charge < -0.3 is 14.2 Å². The van der Waals surface area contributed by atoms with Crippen LogP contribution in [0.3, 0.4) is 0 Å². The zero-order valence-electron chi connectivity index (χ0n) is 13.6. The molecule has 0 unspecified atom stereocenters. The van der Waals surface area contributed by atoms with E-state index in [2.05, 4.69) is 14.3 Å². The van der Waals surface area contributed by atoms with Crippen LogP contribution >= 0.6 is 0 Å². The molecule has 0 spiro atoms. The van der Waals surface area contributed by atoms with Gasteiger partial charge in [-0.25, -0.2) is 25.8 Å².